The summed E-state index contributed by atoms with van der Waals surface area (Å²) in [5.74, 6) is -0.675. The van der Waals surface area contributed by atoms with Crippen LogP contribution in [0, 0.1) is 5.92 Å². The summed E-state index contributed by atoms with van der Waals surface area (Å²) < 4.78 is 5.48. The normalized spacial score (nSPS) is 17.3. The number of halogens is 2. The van der Waals surface area contributed by atoms with Crippen molar-refractivity contribution in [3.05, 3.63) is 58.1 Å². The molecular formula is C21H21Cl2NO3. The first-order valence-corrected chi connectivity index (χ1v) is 9.48. The molecule has 0 spiro atoms. The van der Waals surface area contributed by atoms with Crippen LogP contribution in [0.1, 0.15) is 32.8 Å². The molecule has 0 aliphatic carbocycles. The average Bonchev–Trinajstić information content (AvgIpc) is 2.98. The fraction of sp³-hybridized carbons (Fsp3) is 0.333. The molecule has 1 atom stereocenters. The predicted molar refractivity (Wildman–Crippen MR) is 108 cm³/mol. The van der Waals surface area contributed by atoms with Gasteiger partial charge in [-0.1, -0.05) is 56.1 Å². The lowest BCUT2D eigenvalue weighted by molar-refractivity contribution is -0.139. The zero-order valence-electron chi connectivity index (χ0n) is 15.5. The van der Waals surface area contributed by atoms with E-state index in [1.54, 1.807) is 30.3 Å². The minimum Gasteiger partial charge on any atom is -0.426 e. The van der Waals surface area contributed by atoms with Crippen LogP contribution in [0.3, 0.4) is 0 Å². The molecule has 2 aromatic rings. The van der Waals surface area contributed by atoms with Crippen LogP contribution in [0.25, 0.3) is 0 Å². The van der Waals surface area contributed by atoms with Gasteiger partial charge in [0.25, 0.3) is 0 Å². The minimum absolute atomic E-state index is 0.0249. The van der Waals surface area contributed by atoms with Crippen molar-refractivity contribution in [2.45, 2.75) is 32.6 Å². The van der Waals surface area contributed by atoms with Gasteiger partial charge in [-0.3, -0.25) is 9.59 Å². The minimum atomic E-state index is -0.546. The first-order valence-electron chi connectivity index (χ1n) is 8.73. The predicted octanol–water partition coefficient (Wildman–Crippen LogP) is 5.25. The molecule has 1 amide bonds. The first kappa shape index (κ1) is 19.7. The molecule has 1 aliphatic rings. The maximum absolute atomic E-state index is 12.5. The Morgan fingerprint density at radius 3 is 2.41 bits per heavy atom. The molecule has 0 radical (unpaired) electrons. The molecule has 1 fully saturated rings. The molecule has 0 N–H and O–H groups in total. The van der Waals surface area contributed by atoms with Gasteiger partial charge in [0, 0.05) is 18.0 Å². The number of amides is 1. The van der Waals surface area contributed by atoms with E-state index in [-0.39, 0.29) is 24.3 Å². The van der Waals surface area contributed by atoms with Crippen LogP contribution in [-0.4, -0.2) is 18.4 Å². The summed E-state index contributed by atoms with van der Waals surface area (Å²) in [6.07, 6.45) is 0.0851. The molecule has 4 nitrogen and oxygen atoms in total. The molecule has 2 aromatic carbocycles. The monoisotopic (exact) mass is 405 g/mol. The topological polar surface area (TPSA) is 46.6 Å². The Kier molecular flexibility index (Phi) is 5.50. The number of rotatable bonds is 3. The van der Waals surface area contributed by atoms with Crippen molar-refractivity contribution in [3.63, 3.8) is 0 Å². The average molecular weight is 406 g/mol. The fourth-order valence-electron chi connectivity index (χ4n) is 3.01. The van der Waals surface area contributed by atoms with Gasteiger partial charge in [0.2, 0.25) is 5.91 Å². The second-order valence-corrected chi connectivity index (χ2v) is 8.54. The van der Waals surface area contributed by atoms with Crippen molar-refractivity contribution in [1.82, 2.24) is 0 Å². The number of ether oxygens (including phenoxy) is 1. The van der Waals surface area contributed by atoms with E-state index in [1.165, 1.54) is 4.90 Å². The lowest BCUT2D eigenvalue weighted by Crippen LogP contribution is -2.27. The third kappa shape index (κ3) is 4.45. The second kappa shape index (κ2) is 7.53. The van der Waals surface area contributed by atoms with Crippen molar-refractivity contribution >= 4 is 40.8 Å². The molecule has 142 valence electrons. The number of anilines is 1. The summed E-state index contributed by atoms with van der Waals surface area (Å²) in [6.45, 7) is 6.58. The fourth-order valence-corrected chi connectivity index (χ4v) is 3.40. The van der Waals surface area contributed by atoms with Crippen LogP contribution in [-0.2, 0) is 15.0 Å². The highest BCUT2D eigenvalue weighted by Gasteiger charge is 2.37. The van der Waals surface area contributed by atoms with E-state index < -0.39 is 11.9 Å². The van der Waals surface area contributed by atoms with Crippen LogP contribution in [0.5, 0.6) is 5.75 Å². The number of hydrogen-bond acceptors (Lipinski definition) is 3. The van der Waals surface area contributed by atoms with Crippen LogP contribution < -0.4 is 9.64 Å². The van der Waals surface area contributed by atoms with Crippen molar-refractivity contribution in [2.24, 2.45) is 5.92 Å². The number of hydrogen-bond donors (Lipinski definition) is 0. The largest absolute Gasteiger partial charge is 0.426 e. The zero-order chi connectivity index (χ0) is 19.8. The summed E-state index contributed by atoms with van der Waals surface area (Å²) in [4.78, 5) is 26.4. The molecule has 3 rings (SSSR count). The van der Waals surface area contributed by atoms with Gasteiger partial charge in [-0.15, -0.1) is 0 Å². The Hall–Kier alpha value is -2.04. The highest BCUT2D eigenvalue weighted by molar-refractivity contribution is 6.35. The van der Waals surface area contributed by atoms with E-state index in [1.807, 2.05) is 12.1 Å². The highest BCUT2D eigenvalue weighted by Crippen LogP contribution is 2.34. The molecule has 0 saturated carbocycles. The van der Waals surface area contributed by atoms with Crippen LogP contribution in [0.4, 0.5) is 5.69 Å². The smallest absolute Gasteiger partial charge is 0.316 e. The zero-order valence-corrected chi connectivity index (χ0v) is 17.0. The number of esters is 1. The molecule has 0 aromatic heterocycles. The van der Waals surface area contributed by atoms with Gasteiger partial charge in [-0.2, -0.15) is 0 Å². The molecule has 0 unspecified atom stereocenters. The Morgan fingerprint density at radius 1 is 1.11 bits per heavy atom. The maximum atomic E-state index is 12.5. The van der Waals surface area contributed by atoms with Gasteiger partial charge >= 0.3 is 5.97 Å². The van der Waals surface area contributed by atoms with Crippen LogP contribution in [0.2, 0.25) is 10.0 Å². The Morgan fingerprint density at radius 2 is 1.78 bits per heavy atom. The van der Waals surface area contributed by atoms with Crippen molar-refractivity contribution < 1.29 is 14.3 Å². The van der Waals surface area contributed by atoms with Crippen molar-refractivity contribution in [2.75, 3.05) is 11.4 Å². The number of carbonyl (C=O) groups is 2. The summed E-state index contributed by atoms with van der Waals surface area (Å²) in [6, 6.07) is 12.4. The van der Waals surface area contributed by atoms with Gasteiger partial charge in [-0.05, 0) is 41.3 Å². The van der Waals surface area contributed by atoms with Gasteiger partial charge in [0.15, 0.2) is 0 Å². The second-order valence-electron chi connectivity index (χ2n) is 7.70. The van der Waals surface area contributed by atoms with Crippen molar-refractivity contribution in [1.29, 1.82) is 0 Å². The van der Waals surface area contributed by atoms with E-state index in [2.05, 4.69) is 20.8 Å². The van der Waals surface area contributed by atoms with Crippen molar-refractivity contribution in [3.8, 4) is 5.75 Å². The molecule has 1 heterocycles. The lowest BCUT2D eigenvalue weighted by Gasteiger charge is -2.19. The molecule has 6 heteroatoms. The van der Waals surface area contributed by atoms with Crippen LogP contribution >= 0.6 is 23.2 Å². The SMILES string of the molecule is CC(C)(C)c1ccc(OC(=O)[C@@H]2CC(=O)N(c3cc(Cl)ccc3Cl)C2)cc1. The molecule has 1 saturated heterocycles. The third-order valence-electron chi connectivity index (χ3n) is 4.60. The highest BCUT2D eigenvalue weighted by atomic mass is 35.5. The number of carbonyl (C=O) groups excluding carboxylic acids is 2. The summed E-state index contributed by atoms with van der Waals surface area (Å²) >= 11 is 12.2. The Bertz CT molecular complexity index is 872. The lowest BCUT2D eigenvalue weighted by atomic mass is 9.87. The quantitative estimate of drug-likeness (QED) is 0.517. The third-order valence-corrected chi connectivity index (χ3v) is 5.15. The first-order chi connectivity index (χ1) is 12.6. The Balaban J connectivity index is 1.70. The molecule has 1 aliphatic heterocycles. The van der Waals surface area contributed by atoms with E-state index >= 15 is 0 Å². The number of benzene rings is 2. The molecule has 0 bridgehead atoms. The molecule has 27 heavy (non-hydrogen) atoms. The van der Waals surface area contributed by atoms with Crippen LogP contribution in [0.15, 0.2) is 42.5 Å². The standard InChI is InChI=1S/C21H21Cl2NO3/c1-21(2,3)14-4-7-16(8-5-14)27-20(26)13-10-19(25)24(12-13)18-11-15(22)6-9-17(18)23/h4-9,11,13H,10,12H2,1-3H3/t13-/m1/s1. The maximum Gasteiger partial charge on any atom is 0.316 e. The van der Waals surface area contributed by atoms with Gasteiger partial charge in [0.1, 0.15) is 5.75 Å². The summed E-state index contributed by atoms with van der Waals surface area (Å²) in [7, 11) is 0. The number of nitrogens with zero attached hydrogens (tertiary/aromatic N) is 1. The van der Waals surface area contributed by atoms with E-state index in [0.29, 0.717) is 21.5 Å². The van der Waals surface area contributed by atoms with Gasteiger partial charge in [0.05, 0.1) is 16.6 Å². The van der Waals surface area contributed by atoms with Gasteiger partial charge < -0.3 is 9.64 Å². The van der Waals surface area contributed by atoms with E-state index in [0.717, 1.165) is 5.56 Å². The molecular weight excluding hydrogens is 385 g/mol. The van der Waals surface area contributed by atoms with Gasteiger partial charge in [-0.25, -0.2) is 0 Å². The summed E-state index contributed by atoms with van der Waals surface area (Å²) in [5.41, 5.74) is 1.69. The Labute approximate surface area is 169 Å². The van der Waals surface area contributed by atoms with E-state index in [9.17, 15) is 9.59 Å². The summed E-state index contributed by atoms with van der Waals surface area (Å²) in [5, 5.41) is 0.895. The van der Waals surface area contributed by atoms with E-state index in [4.69, 9.17) is 27.9 Å².